The van der Waals surface area contributed by atoms with Crippen molar-refractivity contribution in [2.45, 2.75) is 32.7 Å². The van der Waals surface area contributed by atoms with Gasteiger partial charge in [-0.1, -0.05) is 12.1 Å². The largest absolute Gasteiger partial charge is 0.463 e. The Hall–Kier alpha value is -2.48. The smallest absolute Gasteiger partial charge is 0.373 e. The number of hydrogen-bond donors (Lipinski definition) is 0. The Balaban J connectivity index is 1.71. The molecule has 8 heteroatoms. The van der Waals surface area contributed by atoms with E-state index in [1.165, 1.54) is 22.7 Å². The molecule has 0 bridgehead atoms. The van der Waals surface area contributed by atoms with Crippen molar-refractivity contribution in [2.75, 3.05) is 7.11 Å². The lowest BCUT2D eigenvalue weighted by atomic mass is 9.89. The van der Waals surface area contributed by atoms with E-state index >= 15 is 0 Å². The molecule has 3 aromatic rings. The minimum absolute atomic E-state index is 0.0986. The number of thiophene rings is 1. The van der Waals surface area contributed by atoms with Crippen LogP contribution in [0.15, 0.2) is 21.3 Å². The van der Waals surface area contributed by atoms with E-state index < -0.39 is 5.97 Å². The van der Waals surface area contributed by atoms with Gasteiger partial charge in [-0.05, 0) is 42.9 Å². The number of rotatable bonds is 3. The minimum atomic E-state index is -0.554. The van der Waals surface area contributed by atoms with Gasteiger partial charge in [0, 0.05) is 4.88 Å². The number of fused-ring (bicyclic) bond motifs is 3. The van der Waals surface area contributed by atoms with E-state index in [1.54, 1.807) is 17.4 Å². The second kappa shape index (κ2) is 6.11. The van der Waals surface area contributed by atoms with E-state index in [9.17, 15) is 9.59 Å². The molecule has 0 spiro atoms. The fourth-order valence-electron chi connectivity index (χ4n) is 3.22. The zero-order valence-corrected chi connectivity index (χ0v) is 14.8. The van der Waals surface area contributed by atoms with Gasteiger partial charge in [-0.2, -0.15) is 0 Å². The van der Waals surface area contributed by atoms with E-state index in [0.29, 0.717) is 21.9 Å². The fraction of sp³-hybridized carbons (Fsp3) is 0.412. The highest BCUT2D eigenvalue weighted by Crippen LogP contribution is 2.35. The predicted molar refractivity (Wildman–Crippen MR) is 92.0 cm³/mol. The highest BCUT2D eigenvalue weighted by molar-refractivity contribution is 7.18. The Morgan fingerprint density at radius 3 is 3.12 bits per heavy atom. The maximum Gasteiger partial charge on any atom is 0.373 e. The maximum atomic E-state index is 12.9. The first-order chi connectivity index (χ1) is 12.1. The quantitative estimate of drug-likeness (QED) is 0.668. The molecule has 0 radical (unpaired) electrons. The number of ether oxygens (including phenoxy) is 1. The zero-order chi connectivity index (χ0) is 17.6. The van der Waals surface area contributed by atoms with Crippen molar-refractivity contribution in [1.82, 2.24) is 15.0 Å². The molecular formula is C17H17N3O4S. The Bertz CT molecular complexity index is 1020. The van der Waals surface area contributed by atoms with E-state index in [2.05, 4.69) is 22.0 Å². The van der Waals surface area contributed by atoms with Crippen LogP contribution in [0, 0.1) is 5.92 Å². The molecule has 1 aliphatic rings. The number of carbonyl (C=O) groups is 1. The summed E-state index contributed by atoms with van der Waals surface area (Å²) in [5.74, 6) is 0.632. The summed E-state index contributed by atoms with van der Waals surface area (Å²) in [5.41, 5.74) is 0.967. The average molecular weight is 359 g/mol. The number of carbonyl (C=O) groups excluding carboxylic acids is 1. The highest BCUT2D eigenvalue weighted by atomic mass is 32.1. The Morgan fingerprint density at radius 1 is 1.48 bits per heavy atom. The van der Waals surface area contributed by atoms with Gasteiger partial charge >= 0.3 is 5.97 Å². The standard InChI is InChI=1S/C17H17N3O4S/c1-9-3-5-11-13(7-9)25-15-14(11)16(21)20(19-18-15)8-10-4-6-12(24-10)17(22)23-2/h4,6,9H,3,5,7-8H2,1-2H3. The number of aryl methyl sites for hydroxylation is 1. The third-order valence-corrected chi connectivity index (χ3v) is 5.68. The minimum Gasteiger partial charge on any atom is -0.463 e. The van der Waals surface area contributed by atoms with Crippen LogP contribution in [0.2, 0.25) is 0 Å². The molecule has 4 rings (SSSR count). The molecule has 1 unspecified atom stereocenters. The number of hydrogen-bond acceptors (Lipinski definition) is 7. The molecule has 1 atom stereocenters. The van der Waals surface area contributed by atoms with Gasteiger partial charge in [-0.25, -0.2) is 9.48 Å². The van der Waals surface area contributed by atoms with Crippen molar-refractivity contribution < 1.29 is 13.9 Å². The molecule has 0 N–H and O–H groups in total. The van der Waals surface area contributed by atoms with Crippen molar-refractivity contribution in [3.05, 3.63) is 44.4 Å². The third-order valence-electron chi connectivity index (χ3n) is 4.54. The van der Waals surface area contributed by atoms with Crippen LogP contribution in [-0.4, -0.2) is 28.1 Å². The summed E-state index contributed by atoms with van der Waals surface area (Å²) in [6.07, 6.45) is 2.99. The van der Waals surface area contributed by atoms with Crippen molar-refractivity contribution in [1.29, 1.82) is 0 Å². The van der Waals surface area contributed by atoms with Gasteiger partial charge in [-0.15, -0.1) is 16.4 Å². The monoisotopic (exact) mass is 359 g/mol. The summed E-state index contributed by atoms with van der Waals surface area (Å²) in [5, 5.41) is 8.93. The normalized spacial score (nSPS) is 16.8. The average Bonchev–Trinajstić information content (AvgIpc) is 3.20. The van der Waals surface area contributed by atoms with Crippen molar-refractivity contribution >= 4 is 27.5 Å². The molecule has 7 nitrogen and oxygen atoms in total. The van der Waals surface area contributed by atoms with Crippen LogP contribution < -0.4 is 5.56 Å². The van der Waals surface area contributed by atoms with Crippen LogP contribution in [0.25, 0.3) is 10.2 Å². The van der Waals surface area contributed by atoms with Crippen molar-refractivity contribution in [3.8, 4) is 0 Å². The molecule has 0 amide bonds. The first kappa shape index (κ1) is 16.0. The number of methoxy groups -OCH3 is 1. The number of furan rings is 1. The third kappa shape index (κ3) is 2.76. The van der Waals surface area contributed by atoms with Crippen LogP contribution in [0.4, 0.5) is 0 Å². The molecule has 25 heavy (non-hydrogen) atoms. The van der Waals surface area contributed by atoms with Gasteiger partial charge in [0.15, 0.2) is 4.83 Å². The first-order valence-corrected chi connectivity index (χ1v) is 8.93. The molecule has 0 fully saturated rings. The van der Waals surface area contributed by atoms with Crippen LogP contribution >= 0.6 is 11.3 Å². The van der Waals surface area contributed by atoms with E-state index in [4.69, 9.17) is 4.42 Å². The van der Waals surface area contributed by atoms with E-state index in [0.717, 1.165) is 24.8 Å². The van der Waals surface area contributed by atoms with Crippen molar-refractivity contribution in [3.63, 3.8) is 0 Å². The Kier molecular flexibility index (Phi) is 3.91. The molecule has 0 aliphatic heterocycles. The van der Waals surface area contributed by atoms with Gasteiger partial charge < -0.3 is 9.15 Å². The van der Waals surface area contributed by atoms with Gasteiger partial charge in [0.05, 0.1) is 12.5 Å². The summed E-state index contributed by atoms with van der Waals surface area (Å²) in [7, 11) is 1.29. The lowest BCUT2D eigenvalue weighted by molar-refractivity contribution is 0.0562. The summed E-state index contributed by atoms with van der Waals surface area (Å²) in [6, 6.07) is 3.15. The molecule has 130 valence electrons. The van der Waals surface area contributed by atoms with Gasteiger partial charge in [0.1, 0.15) is 12.3 Å². The topological polar surface area (TPSA) is 87.2 Å². The molecule has 0 aromatic carbocycles. The fourth-order valence-corrected chi connectivity index (χ4v) is 4.53. The molecule has 1 aliphatic carbocycles. The molecule has 3 heterocycles. The maximum absolute atomic E-state index is 12.9. The molecular weight excluding hydrogens is 342 g/mol. The lowest BCUT2D eigenvalue weighted by Gasteiger charge is -2.17. The molecule has 0 saturated heterocycles. The number of aromatic nitrogens is 3. The number of nitrogens with zero attached hydrogens (tertiary/aromatic N) is 3. The van der Waals surface area contributed by atoms with Gasteiger partial charge in [0.2, 0.25) is 5.76 Å². The van der Waals surface area contributed by atoms with E-state index in [1.807, 2.05) is 0 Å². The second-order valence-corrected chi connectivity index (χ2v) is 7.43. The second-order valence-electron chi connectivity index (χ2n) is 6.34. The van der Waals surface area contributed by atoms with Crippen LogP contribution in [0.1, 0.15) is 40.1 Å². The van der Waals surface area contributed by atoms with Gasteiger partial charge in [0.25, 0.3) is 5.56 Å². The molecule has 3 aromatic heterocycles. The Morgan fingerprint density at radius 2 is 2.32 bits per heavy atom. The van der Waals surface area contributed by atoms with Gasteiger partial charge in [-0.3, -0.25) is 4.79 Å². The van der Waals surface area contributed by atoms with Crippen LogP contribution in [0.3, 0.4) is 0 Å². The summed E-state index contributed by atoms with van der Waals surface area (Å²) < 4.78 is 11.3. The first-order valence-electron chi connectivity index (χ1n) is 8.12. The molecule has 0 saturated carbocycles. The summed E-state index contributed by atoms with van der Waals surface area (Å²) >= 11 is 1.57. The van der Waals surface area contributed by atoms with E-state index in [-0.39, 0.29) is 17.9 Å². The van der Waals surface area contributed by atoms with Crippen LogP contribution in [-0.2, 0) is 24.1 Å². The van der Waals surface area contributed by atoms with Crippen molar-refractivity contribution in [2.24, 2.45) is 5.92 Å². The Labute approximate surface area is 147 Å². The summed E-state index contributed by atoms with van der Waals surface area (Å²) in [6.45, 7) is 2.35. The number of esters is 1. The predicted octanol–water partition coefficient (Wildman–Crippen LogP) is 2.41. The zero-order valence-electron chi connectivity index (χ0n) is 13.9. The summed E-state index contributed by atoms with van der Waals surface area (Å²) in [4.78, 5) is 26.3. The SMILES string of the molecule is COC(=O)c1ccc(Cn2nnc3sc4c(c3c2=O)CCC(C)C4)o1. The van der Waals surface area contributed by atoms with Crippen LogP contribution in [0.5, 0.6) is 0 Å². The lowest BCUT2D eigenvalue weighted by Crippen LogP contribution is -2.25. The highest BCUT2D eigenvalue weighted by Gasteiger charge is 2.24.